The molecule has 0 bridgehead atoms. The van der Waals surface area contributed by atoms with Gasteiger partial charge in [0, 0.05) is 38.8 Å². The first-order chi connectivity index (χ1) is 14.9. The van der Waals surface area contributed by atoms with Gasteiger partial charge >= 0.3 is 0 Å². The monoisotopic (exact) mass is 425 g/mol. The molecule has 11 nitrogen and oxygen atoms in total. The number of methoxy groups -OCH3 is 1. The van der Waals surface area contributed by atoms with Crippen molar-refractivity contribution in [2.75, 3.05) is 33.3 Å². The number of ketones is 1. The van der Waals surface area contributed by atoms with E-state index in [9.17, 15) is 14.4 Å². The predicted octanol–water partition coefficient (Wildman–Crippen LogP) is 0.724. The van der Waals surface area contributed by atoms with Crippen molar-refractivity contribution in [3.05, 3.63) is 30.1 Å². The smallest absolute Gasteiger partial charge is 0.295 e. The maximum atomic E-state index is 13.1. The summed E-state index contributed by atoms with van der Waals surface area (Å²) in [4.78, 5) is 52.6. The van der Waals surface area contributed by atoms with E-state index in [0.717, 1.165) is 0 Å². The molecule has 4 rings (SSSR count). The molecule has 0 spiro atoms. The zero-order valence-electron chi connectivity index (χ0n) is 17.6. The maximum Gasteiger partial charge on any atom is 0.295 e. The topological polar surface area (TPSA) is 126 Å². The number of hydrogen-bond donors (Lipinski definition) is 1. The molecule has 4 heterocycles. The van der Waals surface area contributed by atoms with E-state index >= 15 is 0 Å². The van der Waals surface area contributed by atoms with Gasteiger partial charge in [-0.25, -0.2) is 14.6 Å². The van der Waals surface area contributed by atoms with Crippen LogP contribution in [0.1, 0.15) is 29.5 Å². The van der Waals surface area contributed by atoms with Gasteiger partial charge in [0.1, 0.15) is 17.9 Å². The van der Waals surface area contributed by atoms with Crippen molar-refractivity contribution < 1.29 is 19.1 Å². The molecule has 0 atom stereocenters. The SMILES string of the molecule is CCC(=O)N1CCN(C(=O)C(=O)c2c[nH]c3c(-n4cnc(C)n4)ncc(OC)c23)CC1. The van der Waals surface area contributed by atoms with Gasteiger partial charge in [0.15, 0.2) is 5.82 Å². The Morgan fingerprint density at radius 2 is 1.84 bits per heavy atom. The molecule has 1 aliphatic heterocycles. The number of carbonyl (C=O) groups is 3. The van der Waals surface area contributed by atoms with Crippen LogP contribution in [0.3, 0.4) is 0 Å². The van der Waals surface area contributed by atoms with Crippen molar-refractivity contribution in [3.63, 3.8) is 0 Å². The number of aryl methyl sites for hydroxylation is 1. The van der Waals surface area contributed by atoms with Crippen LogP contribution in [0, 0.1) is 6.92 Å². The van der Waals surface area contributed by atoms with Crippen LogP contribution in [0.4, 0.5) is 0 Å². The van der Waals surface area contributed by atoms with Gasteiger partial charge in [-0.2, -0.15) is 5.10 Å². The molecule has 1 fully saturated rings. The molecule has 1 saturated heterocycles. The van der Waals surface area contributed by atoms with Crippen molar-refractivity contribution in [2.45, 2.75) is 20.3 Å². The quantitative estimate of drug-likeness (QED) is 0.471. The van der Waals surface area contributed by atoms with Gasteiger partial charge in [-0.3, -0.25) is 14.4 Å². The van der Waals surface area contributed by atoms with E-state index in [2.05, 4.69) is 20.1 Å². The molecule has 0 aromatic carbocycles. The number of amides is 2. The summed E-state index contributed by atoms with van der Waals surface area (Å²) in [5.41, 5.74) is 0.711. The molecule has 1 N–H and O–H groups in total. The van der Waals surface area contributed by atoms with E-state index in [1.54, 1.807) is 18.7 Å². The number of nitrogens with zero attached hydrogens (tertiary/aromatic N) is 6. The number of rotatable bonds is 5. The van der Waals surface area contributed by atoms with Gasteiger partial charge in [0.25, 0.3) is 11.7 Å². The van der Waals surface area contributed by atoms with E-state index in [0.29, 0.717) is 60.9 Å². The van der Waals surface area contributed by atoms with Gasteiger partial charge in [-0.1, -0.05) is 6.92 Å². The van der Waals surface area contributed by atoms with Crippen molar-refractivity contribution in [1.29, 1.82) is 0 Å². The standard InChI is InChI=1S/C20H23N7O4/c1-4-15(28)25-5-7-26(8-6-25)20(30)18(29)13-9-21-17-16(13)14(31-3)10-22-19(17)27-11-23-12(2)24-27/h9-11,21H,4-8H2,1-3H3. The average Bonchev–Trinajstić information content (AvgIpc) is 3.44. The van der Waals surface area contributed by atoms with Crippen LogP contribution in [0.5, 0.6) is 5.75 Å². The van der Waals surface area contributed by atoms with E-state index < -0.39 is 11.7 Å². The zero-order valence-corrected chi connectivity index (χ0v) is 17.6. The highest BCUT2D eigenvalue weighted by Gasteiger charge is 2.31. The number of piperazine rings is 1. The lowest BCUT2D eigenvalue weighted by Gasteiger charge is -2.34. The number of aromatic nitrogens is 5. The van der Waals surface area contributed by atoms with Crippen LogP contribution in [-0.4, -0.2) is 85.4 Å². The Morgan fingerprint density at radius 1 is 1.13 bits per heavy atom. The lowest BCUT2D eigenvalue weighted by molar-refractivity contribution is -0.137. The summed E-state index contributed by atoms with van der Waals surface area (Å²) in [6.45, 7) is 5.04. The molecule has 31 heavy (non-hydrogen) atoms. The maximum absolute atomic E-state index is 13.1. The Bertz CT molecular complexity index is 1160. The van der Waals surface area contributed by atoms with Gasteiger partial charge in [-0.15, -0.1) is 0 Å². The number of hydrogen-bond acceptors (Lipinski definition) is 7. The highest BCUT2D eigenvalue weighted by Crippen LogP contribution is 2.31. The highest BCUT2D eigenvalue weighted by molar-refractivity contribution is 6.45. The lowest BCUT2D eigenvalue weighted by atomic mass is 10.1. The third-order valence-corrected chi connectivity index (χ3v) is 5.36. The fourth-order valence-corrected chi connectivity index (χ4v) is 3.70. The fourth-order valence-electron chi connectivity index (χ4n) is 3.70. The highest BCUT2D eigenvalue weighted by atomic mass is 16.5. The minimum absolute atomic E-state index is 0.0446. The third-order valence-electron chi connectivity index (χ3n) is 5.36. The second-order valence-corrected chi connectivity index (χ2v) is 7.19. The van der Waals surface area contributed by atoms with Crippen LogP contribution < -0.4 is 4.74 Å². The van der Waals surface area contributed by atoms with Crippen LogP contribution in [0.25, 0.3) is 16.7 Å². The normalized spacial score (nSPS) is 14.2. The molecule has 0 saturated carbocycles. The second kappa shape index (κ2) is 8.17. The number of pyridine rings is 1. The molecule has 3 aromatic rings. The number of ether oxygens (including phenoxy) is 1. The van der Waals surface area contributed by atoms with E-state index in [4.69, 9.17) is 4.74 Å². The molecule has 3 aromatic heterocycles. The Morgan fingerprint density at radius 3 is 2.45 bits per heavy atom. The molecule has 1 aliphatic rings. The number of Topliss-reactive ketones (excluding diaryl/α,β-unsaturated/α-hetero) is 1. The van der Waals surface area contributed by atoms with Crippen molar-refractivity contribution in [3.8, 4) is 11.6 Å². The lowest BCUT2D eigenvalue weighted by Crippen LogP contribution is -2.52. The first-order valence-electron chi connectivity index (χ1n) is 9.98. The summed E-state index contributed by atoms with van der Waals surface area (Å²) < 4.78 is 6.90. The van der Waals surface area contributed by atoms with Crippen LogP contribution in [0.15, 0.2) is 18.7 Å². The van der Waals surface area contributed by atoms with E-state index in [1.807, 2.05) is 0 Å². The minimum atomic E-state index is -0.647. The first kappa shape index (κ1) is 20.5. The zero-order chi connectivity index (χ0) is 22.1. The molecule has 11 heteroatoms. The van der Waals surface area contributed by atoms with Crippen molar-refractivity contribution >= 4 is 28.5 Å². The molecule has 0 aliphatic carbocycles. The third kappa shape index (κ3) is 3.62. The Balaban J connectivity index is 1.64. The summed E-state index contributed by atoms with van der Waals surface area (Å²) >= 11 is 0. The molecule has 162 valence electrons. The summed E-state index contributed by atoms with van der Waals surface area (Å²) in [5.74, 6) is 0.168. The van der Waals surface area contributed by atoms with Gasteiger partial charge in [0.2, 0.25) is 5.91 Å². The Hall–Kier alpha value is -3.76. The molecular weight excluding hydrogens is 402 g/mol. The van der Waals surface area contributed by atoms with Gasteiger partial charge in [0.05, 0.1) is 29.8 Å². The number of aromatic amines is 1. The second-order valence-electron chi connectivity index (χ2n) is 7.19. The fraction of sp³-hybridized carbons (Fsp3) is 0.400. The summed E-state index contributed by atoms with van der Waals surface area (Å²) in [7, 11) is 1.47. The van der Waals surface area contributed by atoms with Crippen LogP contribution in [-0.2, 0) is 9.59 Å². The van der Waals surface area contributed by atoms with E-state index in [-0.39, 0.29) is 11.5 Å². The van der Waals surface area contributed by atoms with Crippen LogP contribution in [0.2, 0.25) is 0 Å². The van der Waals surface area contributed by atoms with Gasteiger partial charge in [-0.05, 0) is 6.92 Å². The molecule has 0 unspecified atom stereocenters. The number of carbonyl (C=O) groups excluding carboxylic acids is 3. The first-order valence-corrected chi connectivity index (χ1v) is 9.98. The summed E-state index contributed by atoms with van der Waals surface area (Å²) in [6.07, 6.45) is 4.91. The molecule has 0 radical (unpaired) electrons. The van der Waals surface area contributed by atoms with Crippen molar-refractivity contribution in [2.24, 2.45) is 0 Å². The Kier molecular flexibility index (Phi) is 5.40. The predicted molar refractivity (Wildman–Crippen MR) is 110 cm³/mol. The number of fused-ring (bicyclic) bond motifs is 1. The minimum Gasteiger partial charge on any atom is -0.494 e. The van der Waals surface area contributed by atoms with Gasteiger partial charge < -0.3 is 19.5 Å². The van der Waals surface area contributed by atoms with Crippen molar-refractivity contribution in [1.82, 2.24) is 34.5 Å². The summed E-state index contributed by atoms with van der Waals surface area (Å²) in [6, 6.07) is 0. The largest absolute Gasteiger partial charge is 0.494 e. The average molecular weight is 425 g/mol. The number of H-pyrrole nitrogens is 1. The number of nitrogens with one attached hydrogen (secondary N) is 1. The summed E-state index contributed by atoms with van der Waals surface area (Å²) in [5, 5.41) is 4.72. The molecular formula is C20H23N7O4. The van der Waals surface area contributed by atoms with E-state index in [1.165, 1.54) is 35.4 Å². The van der Waals surface area contributed by atoms with Crippen LogP contribution >= 0.6 is 0 Å². The molecule has 2 amide bonds. The Labute approximate surface area is 178 Å².